The summed E-state index contributed by atoms with van der Waals surface area (Å²) in [5, 5.41) is 3.64. The van der Waals surface area contributed by atoms with Gasteiger partial charge in [-0.1, -0.05) is 0 Å². The second-order valence-corrected chi connectivity index (χ2v) is 7.91. The molecular weight excluding hydrogens is 310 g/mol. The number of piperidine rings is 1. The molecule has 0 saturated carbocycles. The summed E-state index contributed by atoms with van der Waals surface area (Å²) in [7, 11) is 0. The number of thiophene rings is 1. The Morgan fingerprint density at radius 3 is 2.78 bits per heavy atom. The Balaban J connectivity index is 1.73. The third kappa shape index (κ3) is 3.58. The van der Waals surface area contributed by atoms with Crippen LogP contribution in [0.25, 0.3) is 0 Å². The highest BCUT2D eigenvalue weighted by atomic mass is 32.1. The molecule has 1 aliphatic carbocycles. The largest absolute Gasteiger partial charge is 0.365 e. The third-order valence-electron chi connectivity index (χ3n) is 5.14. The highest BCUT2D eigenvalue weighted by Crippen LogP contribution is 2.37. The van der Waals surface area contributed by atoms with E-state index < -0.39 is 5.91 Å². The second kappa shape index (κ2) is 7.01. The van der Waals surface area contributed by atoms with E-state index in [0.717, 1.165) is 37.8 Å². The van der Waals surface area contributed by atoms with Crippen LogP contribution in [-0.2, 0) is 17.6 Å². The first kappa shape index (κ1) is 16.5. The predicted octanol–water partition coefficient (Wildman–Crippen LogP) is 1.12. The van der Waals surface area contributed by atoms with Crippen LogP contribution in [0.1, 0.15) is 59.8 Å². The summed E-state index contributed by atoms with van der Waals surface area (Å²) in [5.41, 5.74) is 7.20. The third-order valence-corrected chi connectivity index (χ3v) is 6.35. The Labute approximate surface area is 141 Å². The lowest BCUT2D eigenvalue weighted by molar-refractivity contribution is -0.920. The fourth-order valence-corrected chi connectivity index (χ4v) is 5.12. The average Bonchev–Trinajstić information content (AvgIpc) is 2.87. The van der Waals surface area contributed by atoms with Crippen LogP contribution in [0.15, 0.2) is 0 Å². The summed E-state index contributed by atoms with van der Waals surface area (Å²) in [4.78, 5) is 26.9. The number of hydrogen-bond acceptors (Lipinski definition) is 3. The van der Waals surface area contributed by atoms with Crippen molar-refractivity contribution in [2.45, 2.75) is 57.9 Å². The van der Waals surface area contributed by atoms with Crippen molar-refractivity contribution in [2.75, 3.05) is 18.4 Å². The van der Waals surface area contributed by atoms with Gasteiger partial charge < -0.3 is 16.0 Å². The van der Waals surface area contributed by atoms with Crippen molar-refractivity contribution in [3.05, 3.63) is 16.0 Å². The number of carbonyl (C=O) groups excluding carboxylic acids is 2. The molecule has 23 heavy (non-hydrogen) atoms. The van der Waals surface area contributed by atoms with Crippen LogP contribution in [0, 0.1) is 0 Å². The zero-order valence-corrected chi connectivity index (χ0v) is 14.6. The Morgan fingerprint density at radius 1 is 1.26 bits per heavy atom. The molecule has 0 spiro atoms. The molecule has 2 heterocycles. The Kier molecular flexibility index (Phi) is 5.02. The first-order valence-corrected chi connectivity index (χ1v) is 9.46. The molecule has 2 atom stereocenters. The Hall–Kier alpha value is -1.40. The first-order chi connectivity index (χ1) is 11.1. The van der Waals surface area contributed by atoms with E-state index in [-0.39, 0.29) is 5.91 Å². The van der Waals surface area contributed by atoms with Crippen molar-refractivity contribution in [1.82, 2.24) is 0 Å². The van der Waals surface area contributed by atoms with Crippen LogP contribution < -0.4 is 16.0 Å². The highest BCUT2D eigenvalue weighted by molar-refractivity contribution is 7.17. The van der Waals surface area contributed by atoms with Crippen LogP contribution in [0.4, 0.5) is 5.00 Å². The van der Waals surface area contributed by atoms with Gasteiger partial charge in [0, 0.05) is 4.88 Å². The fourth-order valence-electron chi connectivity index (χ4n) is 3.81. The number of quaternary nitrogens is 1. The molecule has 1 aliphatic heterocycles. The molecule has 2 aliphatic rings. The molecule has 0 aromatic carbocycles. The Morgan fingerprint density at radius 2 is 2.04 bits per heavy atom. The second-order valence-electron chi connectivity index (χ2n) is 6.81. The van der Waals surface area contributed by atoms with Gasteiger partial charge in [-0.3, -0.25) is 9.59 Å². The van der Waals surface area contributed by atoms with Gasteiger partial charge in [0.2, 0.25) is 0 Å². The van der Waals surface area contributed by atoms with Gasteiger partial charge in [-0.25, -0.2) is 0 Å². The molecule has 3 rings (SSSR count). The standard InChI is InChI=1S/C17H25N3O2S/c1-11-6-4-5-9-20(11)10-14(21)19-17-15(16(18)22)12-7-2-3-8-13(12)23-17/h11H,2-10H2,1H3,(H2,18,22)(H,19,21)/p+1/t11-/m1/s1. The summed E-state index contributed by atoms with van der Waals surface area (Å²) >= 11 is 1.54. The smallest absolute Gasteiger partial charge is 0.280 e. The number of anilines is 1. The zero-order chi connectivity index (χ0) is 16.4. The quantitative estimate of drug-likeness (QED) is 0.771. The maximum atomic E-state index is 12.4. The van der Waals surface area contributed by atoms with Gasteiger partial charge in [-0.2, -0.15) is 0 Å². The topological polar surface area (TPSA) is 76.6 Å². The van der Waals surface area contributed by atoms with Crippen LogP contribution >= 0.6 is 11.3 Å². The van der Waals surface area contributed by atoms with Gasteiger partial charge >= 0.3 is 0 Å². The molecule has 6 heteroatoms. The van der Waals surface area contributed by atoms with Crippen LogP contribution in [-0.4, -0.2) is 30.9 Å². The van der Waals surface area contributed by atoms with Crippen LogP contribution in [0.3, 0.4) is 0 Å². The number of aryl methyl sites for hydroxylation is 1. The average molecular weight is 336 g/mol. The van der Waals surface area contributed by atoms with E-state index in [1.54, 1.807) is 0 Å². The van der Waals surface area contributed by atoms with Gasteiger partial charge in [-0.15, -0.1) is 11.3 Å². The van der Waals surface area contributed by atoms with E-state index in [1.807, 2.05) is 0 Å². The molecule has 1 unspecified atom stereocenters. The Bertz CT molecular complexity index is 611. The normalized spacial score (nSPS) is 24.0. The summed E-state index contributed by atoms with van der Waals surface area (Å²) < 4.78 is 0. The lowest BCUT2D eigenvalue weighted by Crippen LogP contribution is -3.17. The number of amides is 2. The number of likely N-dealkylation sites (tertiary alicyclic amines) is 1. The minimum Gasteiger partial charge on any atom is -0.365 e. The number of nitrogens with one attached hydrogen (secondary N) is 2. The maximum absolute atomic E-state index is 12.4. The van der Waals surface area contributed by atoms with Crippen molar-refractivity contribution < 1.29 is 14.5 Å². The van der Waals surface area contributed by atoms with Crippen LogP contribution in [0.2, 0.25) is 0 Å². The van der Waals surface area contributed by atoms with E-state index in [4.69, 9.17) is 5.73 Å². The van der Waals surface area contributed by atoms with E-state index in [0.29, 0.717) is 23.2 Å². The van der Waals surface area contributed by atoms with E-state index >= 15 is 0 Å². The van der Waals surface area contributed by atoms with E-state index in [2.05, 4.69) is 12.2 Å². The number of hydrogen-bond donors (Lipinski definition) is 3. The molecule has 2 amide bonds. The highest BCUT2D eigenvalue weighted by Gasteiger charge is 2.27. The van der Waals surface area contributed by atoms with Crippen molar-refractivity contribution in [3.8, 4) is 0 Å². The van der Waals surface area contributed by atoms with Crippen molar-refractivity contribution >= 4 is 28.2 Å². The summed E-state index contributed by atoms with van der Waals surface area (Å²) in [6, 6.07) is 0.529. The number of carbonyl (C=O) groups is 2. The number of primary amides is 1. The lowest BCUT2D eigenvalue weighted by atomic mass is 9.95. The van der Waals surface area contributed by atoms with Crippen molar-refractivity contribution in [1.29, 1.82) is 0 Å². The van der Waals surface area contributed by atoms with Crippen LogP contribution in [0.5, 0.6) is 0 Å². The van der Waals surface area contributed by atoms with E-state index in [9.17, 15) is 9.59 Å². The fraction of sp³-hybridized carbons (Fsp3) is 0.647. The monoisotopic (exact) mass is 336 g/mol. The lowest BCUT2D eigenvalue weighted by Gasteiger charge is -2.29. The minimum absolute atomic E-state index is 0.00477. The molecule has 4 N–H and O–H groups in total. The molecule has 1 fully saturated rings. The van der Waals surface area contributed by atoms with Gasteiger partial charge in [-0.05, 0) is 57.4 Å². The summed E-state index contributed by atoms with van der Waals surface area (Å²) in [6.45, 7) is 3.74. The molecule has 1 saturated heterocycles. The van der Waals surface area contributed by atoms with Gasteiger partial charge in [0.1, 0.15) is 5.00 Å². The molecule has 0 radical (unpaired) electrons. The maximum Gasteiger partial charge on any atom is 0.280 e. The summed E-state index contributed by atoms with van der Waals surface area (Å²) in [5.74, 6) is -0.423. The molecule has 126 valence electrons. The molecule has 1 aromatic heterocycles. The van der Waals surface area contributed by atoms with E-state index in [1.165, 1.54) is 40.4 Å². The van der Waals surface area contributed by atoms with Gasteiger partial charge in [0.05, 0.1) is 18.2 Å². The van der Waals surface area contributed by atoms with Gasteiger partial charge in [0.15, 0.2) is 6.54 Å². The number of nitrogens with two attached hydrogens (primary N) is 1. The SMILES string of the molecule is C[C@@H]1CCCC[NH+]1CC(=O)Nc1sc2c(c1C(N)=O)CCCC2. The molecule has 0 bridgehead atoms. The molecular formula is C17H26N3O2S+. The molecule has 1 aromatic rings. The first-order valence-electron chi connectivity index (χ1n) is 8.65. The van der Waals surface area contributed by atoms with Crippen molar-refractivity contribution in [3.63, 3.8) is 0 Å². The predicted molar refractivity (Wildman–Crippen MR) is 92.1 cm³/mol. The summed E-state index contributed by atoms with van der Waals surface area (Å²) in [6.07, 6.45) is 7.76. The van der Waals surface area contributed by atoms with Crippen molar-refractivity contribution in [2.24, 2.45) is 5.73 Å². The number of fused-ring (bicyclic) bond motifs is 1. The molecule has 5 nitrogen and oxygen atoms in total. The zero-order valence-electron chi connectivity index (χ0n) is 13.7. The number of rotatable bonds is 4. The minimum atomic E-state index is -0.418. The van der Waals surface area contributed by atoms with Gasteiger partial charge in [0.25, 0.3) is 11.8 Å².